The molecule has 2 heterocycles. The minimum absolute atomic E-state index is 0.106. The lowest BCUT2D eigenvalue weighted by atomic mass is 10.3. The van der Waals surface area contributed by atoms with Crippen LogP contribution in [0.4, 0.5) is 0 Å². The molecule has 1 amide bonds. The largest absolute Gasteiger partial charge is 0.360 e. The van der Waals surface area contributed by atoms with Gasteiger partial charge in [-0.1, -0.05) is 16.8 Å². The van der Waals surface area contributed by atoms with Crippen LogP contribution in [0.1, 0.15) is 11.5 Å². The van der Waals surface area contributed by atoms with Gasteiger partial charge in [-0.15, -0.1) is 0 Å². The molecule has 3 rings (SSSR count). The fraction of sp³-hybridized carbons (Fsp3) is 0.412. The second-order valence-electron chi connectivity index (χ2n) is 6.30. The molecule has 0 bridgehead atoms. The Morgan fingerprint density at radius 2 is 1.85 bits per heavy atom. The third kappa shape index (κ3) is 4.63. The summed E-state index contributed by atoms with van der Waals surface area (Å²) in [6.45, 7) is 4.79. The topological polar surface area (TPSA) is 83.7 Å². The number of benzene rings is 1. The highest BCUT2D eigenvalue weighted by Crippen LogP contribution is 2.16. The van der Waals surface area contributed by atoms with Gasteiger partial charge in [0.15, 0.2) is 15.6 Å². The average molecular weight is 398 g/mol. The molecule has 1 aliphatic rings. The highest BCUT2D eigenvalue weighted by atomic mass is 35.5. The number of nitrogens with zero attached hydrogens (tertiary/aromatic N) is 3. The Hall–Kier alpha value is -1.90. The van der Waals surface area contributed by atoms with Crippen molar-refractivity contribution in [2.75, 3.05) is 31.9 Å². The number of piperazine rings is 1. The van der Waals surface area contributed by atoms with Gasteiger partial charge in [0.05, 0.1) is 17.1 Å². The first-order valence-corrected chi connectivity index (χ1v) is 10.3. The van der Waals surface area contributed by atoms with Crippen LogP contribution < -0.4 is 0 Å². The third-order valence-corrected chi connectivity index (χ3v) is 6.14. The molecule has 0 unspecified atom stereocenters. The zero-order chi connectivity index (χ0) is 18.7. The van der Waals surface area contributed by atoms with Gasteiger partial charge in [-0.25, -0.2) is 8.42 Å². The molecular formula is C17H20ClN3O4S. The number of hydrogen-bond acceptors (Lipinski definition) is 6. The normalized spacial score (nSPS) is 16.0. The van der Waals surface area contributed by atoms with Crippen LogP contribution >= 0.6 is 11.6 Å². The first-order valence-electron chi connectivity index (χ1n) is 8.24. The number of sulfone groups is 1. The molecule has 140 valence electrons. The third-order valence-electron chi connectivity index (χ3n) is 4.27. The minimum atomic E-state index is -3.67. The second kappa shape index (κ2) is 7.77. The number of rotatable bonds is 5. The lowest BCUT2D eigenvalue weighted by Crippen LogP contribution is -2.49. The van der Waals surface area contributed by atoms with Crippen LogP contribution in [-0.2, 0) is 21.2 Å². The van der Waals surface area contributed by atoms with E-state index in [9.17, 15) is 13.2 Å². The van der Waals surface area contributed by atoms with Crippen LogP contribution in [0.3, 0.4) is 0 Å². The average Bonchev–Trinajstić information content (AvgIpc) is 3.00. The van der Waals surface area contributed by atoms with Gasteiger partial charge < -0.3 is 9.42 Å². The summed E-state index contributed by atoms with van der Waals surface area (Å²) >= 11 is 5.78. The molecule has 2 aromatic rings. The van der Waals surface area contributed by atoms with Crippen molar-refractivity contribution in [3.63, 3.8) is 0 Å². The number of aryl methyl sites for hydroxylation is 1. The quantitative estimate of drug-likeness (QED) is 0.764. The van der Waals surface area contributed by atoms with Gasteiger partial charge in [0.1, 0.15) is 5.75 Å². The first-order chi connectivity index (χ1) is 12.3. The number of carbonyl (C=O) groups is 1. The fourth-order valence-electron chi connectivity index (χ4n) is 2.85. The maximum Gasteiger partial charge on any atom is 0.238 e. The minimum Gasteiger partial charge on any atom is -0.360 e. The van der Waals surface area contributed by atoms with E-state index in [1.54, 1.807) is 4.90 Å². The Labute approximate surface area is 157 Å². The van der Waals surface area contributed by atoms with Crippen LogP contribution in [0, 0.1) is 6.92 Å². The van der Waals surface area contributed by atoms with Gasteiger partial charge in [-0.2, -0.15) is 0 Å². The summed E-state index contributed by atoms with van der Waals surface area (Å²) in [7, 11) is -3.67. The summed E-state index contributed by atoms with van der Waals surface area (Å²) in [6.07, 6.45) is 0. The molecule has 1 saturated heterocycles. The van der Waals surface area contributed by atoms with Crippen molar-refractivity contribution in [1.82, 2.24) is 15.0 Å². The Morgan fingerprint density at radius 1 is 1.19 bits per heavy atom. The molecule has 0 atom stereocenters. The summed E-state index contributed by atoms with van der Waals surface area (Å²) in [5.74, 6) is -0.127. The van der Waals surface area contributed by atoms with Gasteiger partial charge in [-0.3, -0.25) is 9.69 Å². The van der Waals surface area contributed by atoms with Crippen LogP contribution in [0.5, 0.6) is 0 Å². The van der Waals surface area contributed by atoms with Crippen molar-refractivity contribution in [3.05, 3.63) is 46.8 Å². The summed E-state index contributed by atoms with van der Waals surface area (Å²) < 4.78 is 30.0. The highest BCUT2D eigenvalue weighted by Gasteiger charge is 2.26. The van der Waals surface area contributed by atoms with Crippen LogP contribution in [0.25, 0.3) is 0 Å². The lowest BCUT2D eigenvalue weighted by Gasteiger charge is -2.34. The molecule has 0 radical (unpaired) electrons. The van der Waals surface area contributed by atoms with Crippen molar-refractivity contribution in [2.45, 2.75) is 18.4 Å². The van der Waals surface area contributed by atoms with Crippen molar-refractivity contribution in [1.29, 1.82) is 0 Å². The van der Waals surface area contributed by atoms with Crippen molar-refractivity contribution >= 4 is 27.3 Å². The molecule has 1 aliphatic heterocycles. The van der Waals surface area contributed by atoms with E-state index in [0.717, 1.165) is 11.5 Å². The summed E-state index contributed by atoms with van der Waals surface area (Å²) in [5.41, 5.74) is 0.834. The molecular weight excluding hydrogens is 378 g/mol. The zero-order valence-electron chi connectivity index (χ0n) is 14.4. The predicted molar refractivity (Wildman–Crippen MR) is 96.6 cm³/mol. The van der Waals surface area contributed by atoms with Gasteiger partial charge in [0.2, 0.25) is 5.91 Å². The predicted octanol–water partition coefficient (Wildman–Crippen LogP) is 1.75. The van der Waals surface area contributed by atoms with Crippen LogP contribution in [0.2, 0.25) is 5.02 Å². The number of amides is 1. The van der Waals surface area contributed by atoms with E-state index in [1.807, 2.05) is 13.0 Å². The number of aromatic nitrogens is 1. The van der Waals surface area contributed by atoms with Crippen LogP contribution in [0.15, 0.2) is 39.8 Å². The maximum atomic E-state index is 12.4. The maximum absolute atomic E-state index is 12.4. The SMILES string of the molecule is Cc1cc(CN2CCN(C(=O)CS(=O)(=O)c3ccc(Cl)cc3)CC2)on1. The Kier molecular flexibility index (Phi) is 5.64. The molecule has 0 saturated carbocycles. The van der Waals surface area contributed by atoms with E-state index in [-0.39, 0.29) is 10.8 Å². The fourth-order valence-corrected chi connectivity index (χ4v) is 4.20. The van der Waals surface area contributed by atoms with Crippen molar-refractivity contribution < 1.29 is 17.7 Å². The summed E-state index contributed by atoms with van der Waals surface area (Å²) in [4.78, 5) is 16.2. The van der Waals surface area contributed by atoms with E-state index >= 15 is 0 Å². The number of hydrogen-bond donors (Lipinski definition) is 0. The molecule has 0 spiro atoms. The van der Waals surface area contributed by atoms with E-state index in [4.69, 9.17) is 16.1 Å². The Bertz CT molecular complexity index is 872. The summed E-state index contributed by atoms with van der Waals surface area (Å²) in [5, 5.41) is 4.31. The Balaban J connectivity index is 1.54. The monoisotopic (exact) mass is 397 g/mol. The Morgan fingerprint density at radius 3 is 2.42 bits per heavy atom. The molecule has 0 N–H and O–H groups in total. The lowest BCUT2D eigenvalue weighted by molar-refractivity contribution is -0.130. The molecule has 1 fully saturated rings. The van der Waals surface area contributed by atoms with Crippen molar-refractivity contribution in [3.8, 4) is 0 Å². The number of halogens is 1. The van der Waals surface area contributed by atoms with Crippen molar-refractivity contribution in [2.24, 2.45) is 0 Å². The standard InChI is InChI=1S/C17H20ClN3O4S/c1-13-10-15(25-19-13)11-20-6-8-21(9-7-20)17(22)12-26(23,24)16-4-2-14(18)3-5-16/h2-5,10H,6-9,11-12H2,1H3. The molecule has 1 aromatic heterocycles. The molecule has 26 heavy (non-hydrogen) atoms. The van der Waals surface area contributed by atoms with Crippen LogP contribution in [-0.4, -0.2) is 61.2 Å². The van der Waals surface area contributed by atoms with E-state index in [2.05, 4.69) is 10.1 Å². The zero-order valence-corrected chi connectivity index (χ0v) is 16.0. The highest BCUT2D eigenvalue weighted by molar-refractivity contribution is 7.92. The summed E-state index contributed by atoms with van der Waals surface area (Å²) in [6, 6.07) is 7.73. The molecule has 0 aliphatic carbocycles. The first kappa shape index (κ1) is 18.9. The van der Waals surface area contributed by atoms with E-state index in [1.165, 1.54) is 24.3 Å². The molecule has 1 aromatic carbocycles. The van der Waals surface area contributed by atoms with Gasteiger partial charge >= 0.3 is 0 Å². The van der Waals surface area contributed by atoms with Gasteiger partial charge in [-0.05, 0) is 31.2 Å². The van der Waals surface area contributed by atoms with E-state index in [0.29, 0.717) is 37.7 Å². The molecule has 9 heteroatoms. The van der Waals surface area contributed by atoms with Gasteiger partial charge in [0, 0.05) is 37.3 Å². The van der Waals surface area contributed by atoms with E-state index < -0.39 is 15.6 Å². The van der Waals surface area contributed by atoms with Gasteiger partial charge in [0.25, 0.3) is 0 Å². The number of carbonyl (C=O) groups excluding carboxylic acids is 1. The smallest absolute Gasteiger partial charge is 0.238 e. The second-order valence-corrected chi connectivity index (χ2v) is 8.73. The molecule has 7 nitrogen and oxygen atoms in total.